The number of hydrogen-bond acceptors (Lipinski definition) is 9. The van der Waals surface area contributed by atoms with Gasteiger partial charge in [-0.15, -0.1) is 0 Å². The first-order valence-electron chi connectivity index (χ1n) is 16.8. The highest BCUT2D eigenvalue weighted by molar-refractivity contribution is 5.73. The minimum atomic E-state index is -0.554. The number of methoxy groups -OCH3 is 1. The molecule has 1 aromatic heterocycles. The molecule has 3 aliphatic heterocycles. The molecule has 3 aliphatic rings. The van der Waals surface area contributed by atoms with Gasteiger partial charge in [-0.1, -0.05) is 19.9 Å². The Kier molecular flexibility index (Phi) is 10.7. The van der Waals surface area contributed by atoms with Crippen molar-refractivity contribution in [2.75, 3.05) is 32.1 Å². The standard InChI is InChI=1S/C38H48N7O4/c1-10-12-31(43-17-19-44(20-18-43)37(46)49-38(6,7)8)35(47-9)34-30(11-2)39-24-40-36(34)42-28-13-14-33(25(3)21-28)48-29-15-16-45-32(22-29)27(5)26(4)23-41-45/h11-17,21-24,26H,10,18-20H2,1-9H3,(H,39,40,42)/q+1/b30-11+,31-12-,35-34-. The van der Waals surface area contributed by atoms with E-state index in [9.17, 15) is 4.79 Å². The van der Waals surface area contributed by atoms with Crippen molar-refractivity contribution in [3.05, 3.63) is 87.8 Å². The average molecular weight is 667 g/mol. The van der Waals surface area contributed by atoms with E-state index < -0.39 is 5.60 Å². The summed E-state index contributed by atoms with van der Waals surface area (Å²) in [7, 11) is 1.66. The van der Waals surface area contributed by atoms with Crippen LogP contribution in [0, 0.1) is 12.8 Å². The van der Waals surface area contributed by atoms with Gasteiger partial charge in [0.25, 0.3) is 0 Å². The van der Waals surface area contributed by atoms with Crippen molar-refractivity contribution < 1.29 is 23.6 Å². The molecule has 11 heteroatoms. The second-order valence-corrected chi connectivity index (χ2v) is 13.1. The number of rotatable bonds is 8. The summed E-state index contributed by atoms with van der Waals surface area (Å²) in [6.45, 7) is 17.4. The molecular formula is C38H48N7O4+. The summed E-state index contributed by atoms with van der Waals surface area (Å²) >= 11 is 0. The van der Waals surface area contributed by atoms with E-state index in [2.05, 4.69) is 51.8 Å². The lowest BCUT2D eigenvalue weighted by molar-refractivity contribution is -0.473. The highest BCUT2D eigenvalue weighted by Crippen LogP contribution is 2.31. The third-order valence-electron chi connectivity index (χ3n) is 8.38. The minimum absolute atomic E-state index is 0.275. The van der Waals surface area contributed by atoms with Gasteiger partial charge in [0.2, 0.25) is 11.5 Å². The molecule has 49 heavy (non-hydrogen) atoms. The van der Waals surface area contributed by atoms with Gasteiger partial charge in [0, 0.05) is 30.1 Å². The molecule has 2 aromatic rings. The van der Waals surface area contributed by atoms with Crippen LogP contribution in [0.15, 0.2) is 76.8 Å². The second kappa shape index (κ2) is 14.9. The summed E-state index contributed by atoms with van der Waals surface area (Å²) in [6, 6.07) is 5.96. The summed E-state index contributed by atoms with van der Waals surface area (Å²) < 4.78 is 20.2. The Morgan fingerprint density at radius 3 is 2.65 bits per heavy atom. The van der Waals surface area contributed by atoms with Crippen LogP contribution in [0.3, 0.4) is 0 Å². The second-order valence-electron chi connectivity index (χ2n) is 13.1. The van der Waals surface area contributed by atoms with Crippen molar-refractivity contribution in [1.29, 1.82) is 0 Å². The van der Waals surface area contributed by atoms with Gasteiger partial charge >= 0.3 is 6.09 Å². The van der Waals surface area contributed by atoms with Crippen molar-refractivity contribution >= 4 is 41.9 Å². The normalized spacial score (nSPS) is 18.9. The highest BCUT2D eigenvalue weighted by Gasteiger charge is 2.30. The fraction of sp³-hybridized carbons (Fsp3) is 0.395. The first kappa shape index (κ1) is 35.1. The number of aromatic nitrogens is 2. The maximum Gasteiger partial charge on any atom is 0.411 e. The number of fused-ring (bicyclic) bond motifs is 1. The minimum Gasteiger partial charge on any atom is -0.490 e. The van der Waals surface area contributed by atoms with Crippen molar-refractivity contribution in [3.63, 3.8) is 0 Å². The topological polar surface area (TPSA) is 104 Å². The van der Waals surface area contributed by atoms with Crippen LogP contribution in [0.1, 0.15) is 60.5 Å². The molecule has 4 heterocycles. The number of hydrazone groups is 1. The van der Waals surface area contributed by atoms with E-state index in [1.54, 1.807) is 18.3 Å². The van der Waals surface area contributed by atoms with Gasteiger partial charge in [0.15, 0.2) is 12.8 Å². The molecule has 1 N–H and O–H groups in total. The number of nitrogens with one attached hydrogen (secondary N) is 1. The third-order valence-corrected chi connectivity index (χ3v) is 8.38. The predicted molar refractivity (Wildman–Crippen MR) is 194 cm³/mol. The summed E-state index contributed by atoms with van der Waals surface area (Å²) in [5.74, 6) is 3.02. The van der Waals surface area contributed by atoms with Gasteiger partial charge in [-0.2, -0.15) is 9.68 Å². The molecule has 0 saturated carbocycles. The molecule has 11 nitrogen and oxygen atoms in total. The Morgan fingerprint density at radius 2 is 2.00 bits per heavy atom. The molecule has 0 bridgehead atoms. The van der Waals surface area contributed by atoms with Crippen LogP contribution in [0.4, 0.5) is 16.3 Å². The van der Waals surface area contributed by atoms with E-state index in [0.717, 1.165) is 51.1 Å². The summed E-state index contributed by atoms with van der Waals surface area (Å²) in [6.07, 6.45) is 15.9. The first-order chi connectivity index (χ1) is 23.4. The van der Waals surface area contributed by atoms with E-state index in [1.807, 2.05) is 94.7 Å². The average Bonchev–Trinajstić information content (AvgIpc) is 3.07. The summed E-state index contributed by atoms with van der Waals surface area (Å²) in [5, 5.41) is 11.4. The fourth-order valence-electron chi connectivity index (χ4n) is 5.68. The number of allylic oxidation sites excluding steroid dienone is 4. The van der Waals surface area contributed by atoms with Crippen LogP contribution in [-0.4, -0.2) is 75.3 Å². The van der Waals surface area contributed by atoms with Crippen LogP contribution in [0.5, 0.6) is 5.75 Å². The zero-order valence-corrected chi connectivity index (χ0v) is 30.1. The van der Waals surface area contributed by atoms with E-state index in [1.165, 1.54) is 5.57 Å². The highest BCUT2D eigenvalue weighted by atomic mass is 16.6. The van der Waals surface area contributed by atoms with E-state index in [-0.39, 0.29) is 12.0 Å². The SMILES string of the molecule is C/C=c1/ncnc(Nc2ccc(OC3=CC4=C(C)C(C)C=NN4C=C3)c(C)c2)/c1=C(OC)/C(=C/CC)[N+]1=CCN(C(=O)OC(C)(C)C)CC1. The molecule has 0 spiro atoms. The monoisotopic (exact) mass is 666 g/mol. The Bertz CT molecular complexity index is 1910. The lowest BCUT2D eigenvalue weighted by atomic mass is 9.99. The number of aryl methyl sites for hydroxylation is 1. The zero-order chi connectivity index (χ0) is 35.3. The predicted octanol–water partition coefficient (Wildman–Crippen LogP) is 5.71. The van der Waals surface area contributed by atoms with Gasteiger partial charge < -0.3 is 19.5 Å². The molecule has 0 saturated heterocycles. The lowest BCUT2D eigenvalue weighted by Crippen LogP contribution is -2.45. The molecule has 0 aliphatic carbocycles. The van der Waals surface area contributed by atoms with Crippen LogP contribution in [0.2, 0.25) is 0 Å². The lowest BCUT2D eigenvalue weighted by Gasteiger charge is -2.28. The molecule has 1 atom stereocenters. The van der Waals surface area contributed by atoms with Gasteiger partial charge in [-0.25, -0.2) is 19.8 Å². The van der Waals surface area contributed by atoms with Crippen LogP contribution < -0.4 is 20.6 Å². The first-order valence-corrected chi connectivity index (χ1v) is 16.8. The number of benzene rings is 1. The number of carbonyl (C=O) groups is 1. The van der Waals surface area contributed by atoms with Crippen LogP contribution in [-0.2, 0) is 9.47 Å². The third kappa shape index (κ3) is 8.10. The summed E-state index contributed by atoms with van der Waals surface area (Å²) in [4.78, 5) is 23.7. The quantitative estimate of drug-likeness (QED) is 0.358. The van der Waals surface area contributed by atoms with Crippen LogP contribution in [0.25, 0.3) is 11.8 Å². The maximum atomic E-state index is 12.7. The Balaban J connectivity index is 1.44. The Morgan fingerprint density at radius 1 is 1.20 bits per heavy atom. The number of nitrogens with zero attached hydrogens (tertiary/aromatic N) is 6. The molecule has 5 rings (SSSR count). The van der Waals surface area contributed by atoms with Gasteiger partial charge in [0.1, 0.15) is 35.8 Å². The molecule has 258 valence electrons. The fourth-order valence-corrected chi connectivity index (χ4v) is 5.68. The van der Waals surface area contributed by atoms with E-state index in [4.69, 9.17) is 14.2 Å². The zero-order valence-electron chi connectivity index (χ0n) is 30.1. The number of ether oxygens (including phenoxy) is 3. The van der Waals surface area contributed by atoms with Crippen molar-refractivity contribution in [2.24, 2.45) is 11.0 Å². The van der Waals surface area contributed by atoms with Gasteiger partial charge in [0.05, 0.1) is 29.9 Å². The van der Waals surface area contributed by atoms with Gasteiger partial charge in [-0.3, -0.25) is 4.90 Å². The molecule has 1 aromatic carbocycles. The van der Waals surface area contributed by atoms with Gasteiger partial charge in [-0.05, 0) is 89.5 Å². The van der Waals surface area contributed by atoms with Crippen molar-refractivity contribution in [1.82, 2.24) is 19.9 Å². The number of anilines is 2. The van der Waals surface area contributed by atoms with E-state index >= 15 is 0 Å². The number of hydrogen-bond donors (Lipinski definition) is 1. The number of amides is 1. The Labute approximate surface area is 289 Å². The Hall–Kier alpha value is -5.19. The van der Waals surface area contributed by atoms with Crippen LogP contribution >= 0.6 is 0 Å². The molecule has 1 amide bonds. The number of carbonyl (C=O) groups excluding carboxylic acids is 1. The smallest absolute Gasteiger partial charge is 0.411 e. The molecule has 0 fully saturated rings. The van der Waals surface area contributed by atoms with Crippen molar-refractivity contribution in [2.45, 2.75) is 67.4 Å². The summed E-state index contributed by atoms with van der Waals surface area (Å²) in [5.41, 5.74) is 4.40. The maximum absolute atomic E-state index is 12.7. The molecule has 1 unspecified atom stereocenters. The van der Waals surface area contributed by atoms with Crippen molar-refractivity contribution in [3.8, 4) is 5.75 Å². The molecular weight excluding hydrogens is 618 g/mol. The van der Waals surface area contributed by atoms with E-state index in [0.29, 0.717) is 31.2 Å². The molecule has 0 radical (unpaired) electrons. The largest absolute Gasteiger partial charge is 0.490 e.